The van der Waals surface area contributed by atoms with Crippen LogP contribution in [0.4, 0.5) is 0 Å². The van der Waals surface area contributed by atoms with Crippen LogP contribution in [0.5, 0.6) is 0 Å². The number of nitrogens with two attached hydrogens (primary N) is 4. The molecule has 0 saturated carbocycles. The molecule has 6 heteroatoms. The van der Waals surface area contributed by atoms with Gasteiger partial charge < -0.3 is 22.9 Å². The highest BCUT2D eigenvalue weighted by molar-refractivity contribution is 5.98. The minimum Gasteiger partial charge on any atom is -0.326 e. The van der Waals surface area contributed by atoms with Gasteiger partial charge in [-0.25, -0.2) is 0 Å². The highest BCUT2D eigenvalue weighted by Crippen LogP contribution is 2.32. The zero-order valence-electron chi connectivity index (χ0n) is 20.0. The molecule has 0 radical (unpaired) electrons. The lowest BCUT2D eigenvalue weighted by molar-refractivity contribution is -0.123. The van der Waals surface area contributed by atoms with E-state index in [2.05, 4.69) is 11.8 Å². The van der Waals surface area contributed by atoms with Crippen LogP contribution in [0, 0.1) is 24.7 Å². The van der Waals surface area contributed by atoms with Crippen LogP contribution in [-0.4, -0.2) is 11.6 Å². The van der Waals surface area contributed by atoms with Crippen LogP contribution in [0.25, 0.3) is 0 Å². The van der Waals surface area contributed by atoms with Crippen LogP contribution < -0.4 is 22.9 Å². The molecule has 0 saturated heterocycles. The van der Waals surface area contributed by atoms with E-state index in [0.29, 0.717) is 13.1 Å². The van der Waals surface area contributed by atoms with Crippen molar-refractivity contribution < 1.29 is 9.59 Å². The molecule has 0 bridgehead atoms. The Morgan fingerprint density at radius 3 is 1.19 bits per heavy atom. The summed E-state index contributed by atoms with van der Waals surface area (Å²) in [5, 5.41) is 0. The molecule has 2 unspecified atom stereocenters. The predicted molar refractivity (Wildman–Crippen MR) is 142 cm³/mol. The number of ketones is 2. The van der Waals surface area contributed by atoms with Crippen molar-refractivity contribution in [1.82, 2.24) is 0 Å². The summed E-state index contributed by atoms with van der Waals surface area (Å²) >= 11 is 0. The molecule has 0 aliphatic carbocycles. The van der Waals surface area contributed by atoms with E-state index >= 15 is 0 Å². The third kappa shape index (κ3) is 5.28. The average molecular weight is 479 g/mol. The van der Waals surface area contributed by atoms with E-state index in [4.69, 9.17) is 35.8 Å². The number of Topliss-reactive ketones (excluding diaryl/α,β-unsaturated/α-hetero) is 2. The predicted octanol–water partition coefficient (Wildman–Crippen LogP) is 1.80. The molecule has 0 aliphatic rings. The Bertz CT molecular complexity index is 1230. The Balaban J connectivity index is 1.98. The number of hydrogen-bond donors (Lipinski definition) is 4. The summed E-state index contributed by atoms with van der Waals surface area (Å²) in [6, 6.07) is 21.1. The maximum absolute atomic E-state index is 13.4. The van der Waals surface area contributed by atoms with Crippen molar-refractivity contribution in [3.63, 3.8) is 0 Å². The number of terminal acetylenes is 2. The van der Waals surface area contributed by atoms with E-state index < -0.39 is 22.6 Å². The first kappa shape index (κ1) is 26.6. The minimum atomic E-state index is -1.85. The summed E-state index contributed by atoms with van der Waals surface area (Å²) in [6.45, 7) is 0.783. The van der Waals surface area contributed by atoms with Gasteiger partial charge in [-0.1, -0.05) is 84.6 Å². The minimum absolute atomic E-state index is 0.0189. The third-order valence-electron chi connectivity index (χ3n) is 6.36. The van der Waals surface area contributed by atoms with Crippen molar-refractivity contribution in [3.05, 3.63) is 106 Å². The molecule has 0 spiro atoms. The summed E-state index contributed by atoms with van der Waals surface area (Å²) in [7, 11) is 0. The Kier molecular flexibility index (Phi) is 8.22. The van der Waals surface area contributed by atoms with Crippen molar-refractivity contribution in [1.29, 1.82) is 0 Å². The van der Waals surface area contributed by atoms with Crippen molar-refractivity contribution in [3.8, 4) is 24.7 Å². The summed E-state index contributed by atoms with van der Waals surface area (Å²) in [6.07, 6.45) is 11.6. The Morgan fingerprint density at radius 2 is 0.917 bits per heavy atom. The number of hydrogen-bond acceptors (Lipinski definition) is 6. The number of carbonyl (C=O) groups is 2. The molecule has 0 aromatic heterocycles. The van der Waals surface area contributed by atoms with E-state index in [9.17, 15) is 9.59 Å². The van der Waals surface area contributed by atoms with Gasteiger partial charge in [0.2, 0.25) is 0 Å². The third-order valence-corrected chi connectivity index (χ3v) is 6.36. The lowest BCUT2D eigenvalue weighted by Crippen LogP contribution is -2.50. The second-order valence-corrected chi connectivity index (χ2v) is 8.69. The highest BCUT2D eigenvalue weighted by atomic mass is 16.1. The molecular formula is C30H30N4O2. The van der Waals surface area contributed by atoms with Crippen LogP contribution in [-0.2, 0) is 46.6 Å². The number of carbonyl (C=O) groups excluding carboxylic acids is 2. The molecular weight excluding hydrogens is 448 g/mol. The summed E-state index contributed by atoms with van der Waals surface area (Å²) < 4.78 is 0. The largest absolute Gasteiger partial charge is 0.326 e. The normalized spacial score (nSPS) is 14.1. The van der Waals surface area contributed by atoms with Gasteiger partial charge in [0.1, 0.15) is 0 Å². The number of benzene rings is 3. The molecule has 6 nitrogen and oxygen atoms in total. The van der Waals surface area contributed by atoms with Crippen LogP contribution in [0.3, 0.4) is 0 Å². The summed E-state index contributed by atoms with van der Waals surface area (Å²) in [4.78, 5) is 26.9. The first-order valence-corrected chi connectivity index (χ1v) is 11.5. The van der Waals surface area contributed by atoms with Gasteiger partial charge in [-0.2, -0.15) is 0 Å². The molecule has 0 aliphatic heterocycles. The lowest BCUT2D eigenvalue weighted by Gasteiger charge is -2.31. The van der Waals surface area contributed by atoms with Crippen molar-refractivity contribution in [2.24, 2.45) is 22.9 Å². The van der Waals surface area contributed by atoms with E-state index in [1.165, 1.54) is 0 Å². The van der Waals surface area contributed by atoms with Crippen molar-refractivity contribution >= 4 is 11.6 Å². The molecule has 8 N–H and O–H groups in total. The van der Waals surface area contributed by atoms with Gasteiger partial charge >= 0.3 is 0 Å². The monoisotopic (exact) mass is 478 g/mol. The molecule has 0 amide bonds. The standard InChI is InChI=1S/C30H30N4O2/c1-3-29(33,27(35)17-21-9-13-23(19-31)14-10-21)25-7-5-6-8-26(25)30(34,4-2)28(36)18-22-11-15-24(20-32)16-12-22/h1-2,5-16H,17-20,31-34H2. The SMILES string of the molecule is C#CC(N)(C(=O)Cc1ccc(CN)cc1)c1ccccc1C(N)(C#C)C(=O)Cc1ccc(CN)cc1. The van der Waals surface area contributed by atoms with E-state index in [-0.39, 0.29) is 24.0 Å². The van der Waals surface area contributed by atoms with Crippen molar-refractivity contribution in [2.75, 3.05) is 0 Å². The molecule has 2 atom stereocenters. The van der Waals surface area contributed by atoms with E-state index in [1.807, 2.05) is 24.3 Å². The van der Waals surface area contributed by atoms with E-state index in [0.717, 1.165) is 22.3 Å². The smallest absolute Gasteiger partial charge is 0.173 e. The number of rotatable bonds is 10. The first-order valence-electron chi connectivity index (χ1n) is 11.5. The zero-order chi connectivity index (χ0) is 26.3. The van der Waals surface area contributed by atoms with Crippen molar-refractivity contribution in [2.45, 2.75) is 37.0 Å². The Morgan fingerprint density at radius 1 is 0.611 bits per heavy atom. The molecule has 3 aromatic rings. The van der Waals surface area contributed by atoms with Crippen LogP contribution in [0.15, 0.2) is 72.8 Å². The fourth-order valence-electron chi connectivity index (χ4n) is 4.02. The van der Waals surface area contributed by atoms with Gasteiger partial charge in [0.05, 0.1) is 0 Å². The fraction of sp³-hybridized carbons (Fsp3) is 0.200. The highest BCUT2D eigenvalue weighted by Gasteiger charge is 2.42. The average Bonchev–Trinajstić information content (AvgIpc) is 2.92. The van der Waals surface area contributed by atoms with Gasteiger partial charge in [-0.3, -0.25) is 9.59 Å². The zero-order valence-corrected chi connectivity index (χ0v) is 20.0. The maximum atomic E-state index is 13.4. The van der Waals surface area contributed by atoms with Gasteiger partial charge in [-0.15, -0.1) is 12.8 Å². The topological polar surface area (TPSA) is 138 Å². The molecule has 0 fully saturated rings. The Labute approximate surface area is 212 Å². The molecule has 3 aromatic carbocycles. The van der Waals surface area contributed by atoms with Gasteiger partial charge in [-0.05, 0) is 33.4 Å². The van der Waals surface area contributed by atoms with Crippen LogP contribution in [0.2, 0.25) is 0 Å². The summed E-state index contributed by atoms with van der Waals surface area (Å²) in [5.74, 6) is 4.02. The van der Waals surface area contributed by atoms with Gasteiger partial charge in [0.25, 0.3) is 0 Å². The van der Waals surface area contributed by atoms with Crippen LogP contribution in [0.1, 0.15) is 33.4 Å². The second-order valence-electron chi connectivity index (χ2n) is 8.69. The second kappa shape index (κ2) is 11.1. The molecule has 36 heavy (non-hydrogen) atoms. The quantitative estimate of drug-likeness (QED) is 0.328. The molecule has 3 rings (SSSR count). The van der Waals surface area contributed by atoms with Gasteiger partial charge in [0, 0.05) is 25.9 Å². The van der Waals surface area contributed by atoms with Gasteiger partial charge in [0.15, 0.2) is 22.6 Å². The lowest BCUT2D eigenvalue weighted by atomic mass is 9.75. The van der Waals surface area contributed by atoms with E-state index in [1.54, 1.807) is 48.5 Å². The maximum Gasteiger partial charge on any atom is 0.173 e. The molecule has 182 valence electrons. The first-order chi connectivity index (χ1) is 17.2. The summed E-state index contributed by atoms with van der Waals surface area (Å²) in [5.41, 5.74) is 24.5. The fourth-order valence-corrected chi connectivity index (χ4v) is 4.02. The van der Waals surface area contributed by atoms with Crippen LogP contribution >= 0.6 is 0 Å². The molecule has 0 heterocycles. The Hall–Kier alpha value is -4.04.